The van der Waals surface area contributed by atoms with Gasteiger partial charge in [0.1, 0.15) is 13.3 Å². The number of hydrogen-bond donors (Lipinski definition) is 0. The van der Waals surface area contributed by atoms with E-state index in [-0.39, 0.29) is 6.61 Å². The van der Waals surface area contributed by atoms with Crippen LogP contribution in [0.1, 0.15) is 5.56 Å². The van der Waals surface area contributed by atoms with E-state index in [4.69, 9.17) is 27.9 Å². The summed E-state index contributed by atoms with van der Waals surface area (Å²) in [6.07, 6.45) is 0. The number of hydrogen-bond acceptors (Lipinski definition) is 1. The van der Waals surface area contributed by atoms with Gasteiger partial charge in [0.05, 0.1) is 10.0 Å². The predicted octanol–water partition coefficient (Wildman–Crippen LogP) is 4.24. The maximum Gasteiger partial charge on any atom is 0.156 e. The Bertz CT molecular complexity index is 297. The van der Waals surface area contributed by atoms with Crippen molar-refractivity contribution in [2.45, 2.75) is 5.33 Å². The van der Waals surface area contributed by atoms with Crippen LogP contribution in [0.2, 0.25) is 10.0 Å². The number of halogens is 4. The molecule has 0 aliphatic carbocycles. The van der Waals surface area contributed by atoms with Crippen LogP contribution < -0.4 is 4.74 Å². The molecule has 0 saturated heterocycles. The molecule has 0 N–H and O–H groups in total. The van der Waals surface area contributed by atoms with Gasteiger partial charge in [-0.1, -0.05) is 39.1 Å². The molecule has 1 nitrogen and oxygen atoms in total. The summed E-state index contributed by atoms with van der Waals surface area (Å²) in [5.74, 6) is 0.343. The second-order valence-corrected chi connectivity index (χ2v) is 3.93. The summed E-state index contributed by atoms with van der Waals surface area (Å²) in [5.41, 5.74) is 0.951. The minimum absolute atomic E-state index is 0.0346. The SMILES string of the molecule is FCCOc1c(Cl)cc(CBr)cc1Cl. The Hall–Kier alpha value is 0.01000. The van der Waals surface area contributed by atoms with Crippen molar-refractivity contribution in [3.8, 4) is 5.75 Å². The summed E-state index contributed by atoms with van der Waals surface area (Å²) in [7, 11) is 0. The van der Waals surface area contributed by atoms with Crippen LogP contribution in [-0.4, -0.2) is 13.3 Å². The Morgan fingerprint density at radius 3 is 2.29 bits per heavy atom. The summed E-state index contributed by atoms with van der Waals surface area (Å²) in [4.78, 5) is 0. The van der Waals surface area contributed by atoms with Crippen molar-refractivity contribution in [2.24, 2.45) is 0 Å². The number of alkyl halides is 2. The lowest BCUT2D eigenvalue weighted by Crippen LogP contribution is -2.00. The zero-order valence-electron chi connectivity index (χ0n) is 7.20. The van der Waals surface area contributed by atoms with Crippen LogP contribution in [0.25, 0.3) is 0 Å². The molecule has 0 atom stereocenters. The van der Waals surface area contributed by atoms with Crippen LogP contribution in [0.5, 0.6) is 5.75 Å². The highest BCUT2D eigenvalue weighted by atomic mass is 79.9. The largest absolute Gasteiger partial charge is 0.488 e. The highest BCUT2D eigenvalue weighted by molar-refractivity contribution is 9.08. The van der Waals surface area contributed by atoms with Gasteiger partial charge in [-0.05, 0) is 17.7 Å². The molecule has 5 heteroatoms. The van der Waals surface area contributed by atoms with Crippen molar-refractivity contribution in [1.82, 2.24) is 0 Å². The van der Waals surface area contributed by atoms with Gasteiger partial charge in [-0.15, -0.1) is 0 Å². The highest BCUT2D eigenvalue weighted by Gasteiger charge is 2.08. The molecule has 0 unspecified atom stereocenters. The third kappa shape index (κ3) is 3.01. The highest BCUT2D eigenvalue weighted by Crippen LogP contribution is 2.34. The molecule has 0 saturated carbocycles. The Morgan fingerprint density at radius 1 is 1.29 bits per heavy atom. The zero-order chi connectivity index (χ0) is 10.6. The first-order chi connectivity index (χ1) is 6.69. The fourth-order valence-electron chi connectivity index (χ4n) is 0.968. The number of rotatable bonds is 4. The van der Waals surface area contributed by atoms with Gasteiger partial charge < -0.3 is 4.74 Å². The first kappa shape index (κ1) is 12.1. The van der Waals surface area contributed by atoms with Gasteiger partial charge in [-0.2, -0.15) is 0 Å². The quantitative estimate of drug-likeness (QED) is 0.756. The summed E-state index contributed by atoms with van der Waals surface area (Å²) < 4.78 is 16.9. The van der Waals surface area contributed by atoms with Crippen LogP contribution in [0.3, 0.4) is 0 Å². The van der Waals surface area contributed by atoms with Gasteiger partial charge in [0, 0.05) is 5.33 Å². The molecular formula is C9H8BrCl2FO. The van der Waals surface area contributed by atoms with E-state index in [2.05, 4.69) is 15.9 Å². The van der Waals surface area contributed by atoms with E-state index in [9.17, 15) is 4.39 Å². The van der Waals surface area contributed by atoms with Gasteiger partial charge in [-0.3, -0.25) is 0 Å². The number of ether oxygens (including phenoxy) is 1. The molecule has 0 fully saturated rings. The minimum Gasteiger partial charge on any atom is -0.488 e. The maximum absolute atomic E-state index is 11.9. The van der Waals surface area contributed by atoms with E-state index in [1.807, 2.05) is 0 Å². The molecule has 1 aromatic carbocycles. The van der Waals surface area contributed by atoms with E-state index in [0.29, 0.717) is 21.1 Å². The third-order valence-electron chi connectivity index (χ3n) is 1.54. The van der Waals surface area contributed by atoms with E-state index in [0.717, 1.165) is 5.56 Å². The molecule has 14 heavy (non-hydrogen) atoms. The molecule has 0 heterocycles. The van der Waals surface area contributed by atoms with Crippen molar-refractivity contribution in [1.29, 1.82) is 0 Å². The van der Waals surface area contributed by atoms with E-state index in [1.165, 1.54) is 0 Å². The Balaban J connectivity index is 2.93. The van der Waals surface area contributed by atoms with Crippen molar-refractivity contribution in [3.63, 3.8) is 0 Å². The molecule has 0 radical (unpaired) electrons. The fraction of sp³-hybridized carbons (Fsp3) is 0.333. The smallest absolute Gasteiger partial charge is 0.156 e. The topological polar surface area (TPSA) is 9.23 Å². The van der Waals surface area contributed by atoms with Crippen LogP contribution in [-0.2, 0) is 5.33 Å². The summed E-state index contributed by atoms with van der Waals surface area (Å²) >= 11 is 15.1. The monoisotopic (exact) mass is 300 g/mol. The van der Waals surface area contributed by atoms with Crippen molar-refractivity contribution in [3.05, 3.63) is 27.7 Å². The Morgan fingerprint density at radius 2 is 1.86 bits per heavy atom. The maximum atomic E-state index is 11.9. The lowest BCUT2D eigenvalue weighted by Gasteiger charge is -2.09. The van der Waals surface area contributed by atoms with Crippen molar-refractivity contribution < 1.29 is 9.13 Å². The molecule has 0 amide bonds. The normalized spacial score (nSPS) is 10.3. The van der Waals surface area contributed by atoms with Crippen LogP contribution in [0, 0.1) is 0 Å². The zero-order valence-corrected chi connectivity index (χ0v) is 10.3. The van der Waals surface area contributed by atoms with Gasteiger partial charge in [0.25, 0.3) is 0 Å². The van der Waals surface area contributed by atoms with Gasteiger partial charge >= 0.3 is 0 Å². The molecule has 0 aliphatic rings. The summed E-state index contributed by atoms with van der Waals surface area (Å²) in [6.45, 7) is -0.597. The molecule has 1 aromatic rings. The Kier molecular flexibility index (Phi) is 4.99. The average molecular weight is 302 g/mol. The number of benzene rings is 1. The van der Waals surface area contributed by atoms with Crippen LogP contribution in [0.4, 0.5) is 4.39 Å². The van der Waals surface area contributed by atoms with E-state index < -0.39 is 6.67 Å². The van der Waals surface area contributed by atoms with Gasteiger partial charge in [0.15, 0.2) is 5.75 Å². The molecule has 0 spiro atoms. The summed E-state index contributed by atoms with van der Waals surface area (Å²) in [5, 5.41) is 1.47. The van der Waals surface area contributed by atoms with Crippen LogP contribution in [0.15, 0.2) is 12.1 Å². The predicted molar refractivity (Wildman–Crippen MR) is 60.6 cm³/mol. The second-order valence-electron chi connectivity index (χ2n) is 2.56. The molecular weight excluding hydrogens is 294 g/mol. The van der Waals surface area contributed by atoms with Crippen molar-refractivity contribution >= 4 is 39.1 Å². The summed E-state index contributed by atoms with van der Waals surface area (Å²) in [6, 6.07) is 3.46. The fourth-order valence-corrected chi connectivity index (χ4v) is 1.93. The first-order valence-corrected chi connectivity index (χ1v) is 5.79. The average Bonchev–Trinajstić information content (AvgIpc) is 2.16. The second kappa shape index (κ2) is 5.79. The third-order valence-corrected chi connectivity index (χ3v) is 2.74. The minimum atomic E-state index is -0.563. The van der Waals surface area contributed by atoms with Gasteiger partial charge in [0.2, 0.25) is 0 Å². The molecule has 0 aliphatic heterocycles. The standard InChI is InChI=1S/C9H8BrCl2FO/c10-5-6-3-7(11)9(8(12)4-6)14-2-1-13/h3-4H,1-2,5H2. The first-order valence-electron chi connectivity index (χ1n) is 3.91. The van der Waals surface area contributed by atoms with Crippen molar-refractivity contribution in [2.75, 3.05) is 13.3 Å². The lowest BCUT2D eigenvalue weighted by molar-refractivity contribution is 0.273. The van der Waals surface area contributed by atoms with Crippen LogP contribution >= 0.6 is 39.1 Å². The lowest BCUT2D eigenvalue weighted by atomic mass is 10.2. The van der Waals surface area contributed by atoms with E-state index >= 15 is 0 Å². The molecule has 78 valence electrons. The van der Waals surface area contributed by atoms with Gasteiger partial charge in [-0.25, -0.2) is 4.39 Å². The Labute approximate surface area is 100 Å². The molecule has 0 bridgehead atoms. The molecule has 0 aromatic heterocycles. The van der Waals surface area contributed by atoms with E-state index in [1.54, 1.807) is 12.1 Å². The molecule has 1 rings (SSSR count).